The highest BCUT2D eigenvalue weighted by atomic mass is 32.3. The Balaban J connectivity index is 1.64. The Labute approximate surface area is 160 Å². The molecule has 0 heterocycles. The predicted molar refractivity (Wildman–Crippen MR) is 95.7 cm³/mol. The van der Waals surface area contributed by atoms with Crippen LogP contribution in [-0.4, -0.2) is 40.9 Å². The molecule has 8 heteroatoms. The third-order valence-corrected chi connectivity index (χ3v) is 9.31. The van der Waals surface area contributed by atoms with Gasteiger partial charge >= 0.3 is 10.4 Å². The van der Waals surface area contributed by atoms with Gasteiger partial charge in [0.25, 0.3) is 0 Å². The SMILES string of the molecule is C[C@]12C(CC[C@@H]3[C@@H]1CC[C@]1(C)C(=O)CC[C@@H]31)C[C@@H](OS(=O)(=O)O)CC2(O)O. The molecule has 0 aromatic rings. The molecule has 0 aromatic carbocycles. The van der Waals surface area contributed by atoms with Crippen LogP contribution in [-0.2, 0) is 19.4 Å². The van der Waals surface area contributed by atoms with Crippen LogP contribution in [0.2, 0.25) is 0 Å². The second kappa shape index (κ2) is 5.98. The summed E-state index contributed by atoms with van der Waals surface area (Å²) in [5.41, 5.74) is -1.05. The summed E-state index contributed by atoms with van der Waals surface area (Å²) in [6, 6.07) is 0. The smallest absolute Gasteiger partial charge is 0.365 e. The van der Waals surface area contributed by atoms with Crippen LogP contribution in [0.15, 0.2) is 0 Å². The van der Waals surface area contributed by atoms with E-state index in [1.54, 1.807) is 0 Å². The second-order valence-electron chi connectivity index (χ2n) is 9.75. The third kappa shape index (κ3) is 2.82. The molecule has 0 bridgehead atoms. The highest BCUT2D eigenvalue weighted by Gasteiger charge is 2.66. The number of aliphatic hydroxyl groups is 2. The van der Waals surface area contributed by atoms with Gasteiger partial charge in [0.2, 0.25) is 0 Å². The lowest BCUT2D eigenvalue weighted by molar-refractivity contribution is -0.322. The first kappa shape index (κ1) is 19.8. The molecule has 1 unspecified atom stereocenters. The molecule has 0 spiro atoms. The van der Waals surface area contributed by atoms with Crippen LogP contribution in [0.25, 0.3) is 0 Å². The fourth-order valence-corrected chi connectivity index (χ4v) is 7.86. The van der Waals surface area contributed by atoms with Gasteiger partial charge in [-0.15, -0.1) is 0 Å². The largest absolute Gasteiger partial charge is 0.397 e. The van der Waals surface area contributed by atoms with Gasteiger partial charge in [-0.2, -0.15) is 8.42 Å². The van der Waals surface area contributed by atoms with Crippen LogP contribution < -0.4 is 0 Å². The molecule has 0 saturated heterocycles. The summed E-state index contributed by atoms with van der Waals surface area (Å²) in [6.45, 7) is 4.00. The number of Topliss-reactive ketones (excluding diaryl/α,β-unsaturated/α-hetero) is 1. The van der Waals surface area contributed by atoms with Gasteiger partial charge in [0.05, 0.1) is 6.10 Å². The fourth-order valence-electron chi connectivity index (χ4n) is 7.37. The number of fused-ring (bicyclic) bond motifs is 5. The van der Waals surface area contributed by atoms with Crippen molar-refractivity contribution in [3.05, 3.63) is 0 Å². The van der Waals surface area contributed by atoms with E-state index >= 15 is 0 Å². The van der Waals surface area contributed by atoms with Gasteiger partial charge in [0.1, 0.15) is 5.78 Å². The Morgan fingerprint density at radius 2 is 1.78 bits per heavy atom. The van der Waals surface area contributed by atoms with Gasteiger partial charge in [0.15, 0.2) is 5.79 Å². The molecule has 0 aliphatic heterocycles. The van der Waals surface area contributed by atoms with Crippen molar-refractivity contribution < 1.29 is 32.2 Å². The van der Waals surface area contributed by atoms with Crippen molar-refractivity contribution in [3.8, 4) is 0 Å². The number of ketones is 1. The highest BCUT2D eigenvalue weighted by Crippen LogP contribution is 2.67. The minimum atomic E-state index is -4.64. The average molecular weight is 403 g/mol. The van der Waals surface area contributed by atoms with E-state index in [2.05, 4.69) is 6.92 Å². The molecular weight excluding hydrogens is 372 g/mol. The van der Waals surface area contributed by atoms with E-state index in [1.165, 1.54) is 0 Å². The molecule has 0 radical (unpaired) electrons. The van der Waals surface area contributed by atoms with E-state index in [-0.39, 0.29) is 29.6 Å². The molecule has 7 nitrogen and oxygen atoms in total. The number of carbonyl (C=O) groups is 1. The van der Waals surface area contributed by atoms with E-state index in [4.69, 9.17) is 8.74 Å². The summed E-state index contributed by atoms with van der Waals surface area (Å²) in [6.07, 6.45) is 3.91. The van der Waals surface area contributed by atoms with Crippen LogP contribution in [0, 0.1) is 34.5 Å². The van der Waals surface area contributed by atoms with Crippen molar-refractivity contribution >= 4 is 16.2 Å². The first-order chi connectivity index (χ1) is 12.4. The molecule has 4 fully saturated rings. The number of carbonyl (C=O) groups excluding carboxylic acids is 1. The molecule has 0 aromatic heterocycles. The summed E-state index contributed by atoms with van der Waals surface area (Å²) in [7, 11) is -4.64. The first-order valence-electron chi connectivity index (χ1n) is 10.0. The van der Waals surface area contributed by atoms with E-state index in [9.17, 15) is 23.4 Å². The Kier molecular flexibility index (Phi) is 4.38. The van der Waals surface area contributed by atoms with Crippen molar-refractivity contribution in [1.29, 1.82) is 0 Å². The summed E-state index contributed by atoms with van der Waals surface area (Å²) in [5.74, 6) is -1.16. The average Bonchev–Trinajstić information content (AvgIpc) is 2.82. The lowest BCUT2D eigenvalue weighted by Gasteiger charge is -2.63. The molecular formula is C19H30O7S. The van der Waals surface area contributed by atoms with E-state index < -0.39 is 27.7 Å². The number of hydrogen-bond acceptors (Lipinski definition) is 6. The monoisotopic (exact) mass is 402 g/mol. The zero-order valence-corrected chi connectivity index (χ0v) is 16.7. The lowest BCUT2D eigenvalue weighted by Crippen LogP contribution is -2.65. The van der Waals surface area contributed by atoms with Crippen molar-refractivity contribution in [2.75, 3.05) is 0 Å². The summed E-state index contributed by atoms with van der Waals surface area (Å²) >= 11 is 0. The van der Waals surface area contributed by atoms with Crippen LogP contribution in [0.5, 0.6) is 0 Å². The van der Waals surface area contributed by atoms with Crippen LogP contribution >= 0.6 is 0 Å². The number of rotatable bonds is 2. The van der Waals surface area contributed by atoms with E-state index in [0.717, 1.165) is 32.1 Å². The molecule has 3 N–H and O–H groups in total. The third-order valence-electron chi connectivity index (χ3n) is 8.79. The van der Waals surface area contributed by atoms with Crippen molar-refractivity contribution in [2.45, 2.75) is 77.1 Å². The molecule has 4 aliphatic carbocycles. The van der Waals surface area contributed by atoms with E-state index in [0.29, 0.717) is 24.5 Å². The zero-order valence-electron chi connectivity index (χ0n) is 15.9. The Hall–Kier alpha value is -0.540. The molecule has 7 atom stereocenters. The molecule has 4 rings (SSSR count). The zero-order chi connectivity index (χ0) is 19.8. The fraction of sp³-hybridized carbons (Fsp3) is 0.947. The minimum absolute atomic E-state index is 0.0851. The maximum absolute atomic E-state index is 12.5. The molecule has 27 heavy (non-hydrogen) atoms. The topological polar surface area (TPSA) is 121 Å². The predicted octanol–water partition coefficient (Wildman–Crippen LogP) is 2.08. The molecule has 0 amide bonds. The lowest BCUT2D eigenvalue weighted by atomic mass is 9.43. The first-order valence-corrected chi connectivity index (χ1v) is 11.4. The maximum atomic E-state index is 12.5. The Morgan fingerprint density at radius 3 is 2.44 bits per heavy atom. The quantitative estimate of drug-likeness (QED) is 0.477. The summed E-state index contributed by atoms with van der Waals surface area (Å²) in [4.78, 5) is 12.5. The summed E-state index contributed by atoms with van der Waals surface area (Å²) in [5, 5.41) is 22.0. The Morgan fingerprint density at radius 1 is 1.07 bits per heavy atom. The standard InChI is InChI=1S/C19H30O7S/c1-17-8-7-15-13(14(17)5-6-16(17)20)4-3-11-9-12(26-27(23,24)25)10-19(21,22)18(11,15)2/h11-15,21-22H,3-10H2,1-2H3,(H,23,24,25)/t11?,12-,13+,14+,15+,17+,18+/m1/s1. The van der Waals surface area contributed by atoms with Gasteiger partial charge in [-0.05, 0) is 62.2 Å². The van der Waals surface area contributed by atoms with E-state index in [1.807, 2.05) is 6.92 Å². The number of hydrogen-bond donors (Lipinski definition) is 3. The van der Waals surface area contributed by atoms with Gasteiger partial charge in [0, 0.05) is 23.7 Å². The molecule has 4 aliphatic rings. The van der Waals surface area contributed by atoms with Crippen molar-refractivity contribution in [3.63, 3.8) is 0 Å². The van der Waals surface area contributed by atoms with Crippen LogP contribution in [0.3, 0.4) is 0 Å². The minimum Gasteiger partial charge on any atom is -0.365 e. The van der Waals surface area contributed by atoms with Gasteiger partial charge in [-0.25, -0.2) is 4.18 Å². The van der Waals surface area contributed by atoms with Gasteiger partial charge in [-0.1, -0.05) is 13.8 Å². The van der Waals surface area contributed by atoms with Crippen LogP contribution in [0.1, 0.15) is 65.2 Å². The summed E-state index contributed by atoms with van der Waals surface area (Å²) < 4.78 is 35.9. The van der Waals surface area contributed by atoms with Gasteiger partial charge < -0.3 is 10.2 Å². The van der Waals surface area contributed by atoms with Crippen molar-refractivity contribution in [2.24, 2.45) is 34.5 Å². The second-order valence-corrected chi connectivity index (χ2v) is 10.8. The molecule has 154 valence electrons. The van der Waals surface area contributed by atoms with Crippen molar-refractivity contribution in [1.82, 2.24) is 0 Å². The van der Waals surface area contributed by atoms with Gasteiger partial charge in [-0.3, -0.25) is 9.35 Å². The highest BCUT2D eigenvalue weighted by molar-refractivity contribution is 7.80. The normalized spacial score (nSPS) is 49.2. The maximum Gasteiger partial charge on any atom is 0.397 e. The van der Waals surface area contributed by atoms with Crippen LogP contribution in [0.4, 0.5) is 0 Å². The Bertz CT molecular complexity index is 747. The molecule has 4 saturated carbocycles.